The molecule has 1 aromatic carbocycles. The number of rotatable bonds is 5. The lowest BCUT2D eigenvalue weighted by atomic mass is 10.1. The minimum atomic E-state index is -1.05. The molecular formula is C17H20N2O5. The molecule has 1 aliphatic rings. The second-order valence-corrected chi connectivity index (χ2v) is 5.64. The van der Waals surface area contributed by atoms with Crippen LogP contribution in [0.1, 0.15) is 23.3 Å². The van der Waals surface area contributed by atoms with Gasteiger partial charge < -0.3 is 19.3 Å². The Morgan fingerprint density at radius 2 is 2.04 bits per heavy atom. The smallest absolute Gasteiger partial charge is 0.356 e. The maximum Gasteiger partial charge on any atom is 0.356 e. The fourth-order valence-electron chi connectivity index (χ4n) is 2.74. The van der Waals surface area contributed by atoms with Gasteiger partial charge in [0.2, 0.25) is 0 Å². The van der Waals surface area contributed by atoms with Gasteiger partial charge in [-0.1, -0.05) is 0 Å². The molecule has 2 aromatic rings. The first-order valence-corrected chi connectivity index (χ1v) is 7.78. The lowest BCUT2D eigenvalue weighted by Gasteiger charge is -2.24. The number of hydrogen-bond donors (Lipinski definition) is 1. The van der Waals surface area contributed by atoms with Crippen molar-refractivity contribution in [2.24, 2.45) is 7.05 Å². The van der Waals surface area contributed by atoms with Gasteiger partial charge in [-0.05, 0) is 24.3 Å². The highest BCUT2D eigenvalue weighted by molar-refractivity contribution is 5.87. The third-order valence-corrected chi connectivity index (χ3v) is 4.02. The molecule has 7 nitrogen and oxygen atoms in total. The van der Waals surface area contributed by atoms with E-state index >= 15 is 0 Å². The number of benzene rings is 1. The van der Waals surface area contributed by atoms with Gasteiger partial charge in [0, 0.05) is 25.5 Å². The summed E-state index contributed by atoms with van der Waals surface area (Å²) in [5.41, 5.74) is 1.53. The number of carbonyl (C=O) groups is 1. The summed E-state index contributed by atoms with van der Waals surface area (Å²) in [6, 6.07) is 7.08. The molecule has 1 fully saturated rings. The van der Waals surface area contributed by atoms with Crippen LogP contribution in [0.3, 0.4) is 0 Å². The fourth-order valence-corrected chi connectivity index (χ4v) is 2.74. The fraction of sp³-hybridized carbons (Fsp3) is 0.412. The van der Waals surface area contributed by atoms with Crippen LogP contribution in [-0.4, -0.2) is 47.3 Å². The van der Waals surface area contributed by atoms with Gasteiger partial charge in [0.1, 0.15) is 6.10 Å². The van der Waals surface area contributed by atoms with Crippen molar-refractivity contribution in [1.82, 2.24) is 9.78 Å². The number of methoxy groups -OCH3 is 1. The van der Waals surface area contributed by atoms with Crippen LogP contribution in [-0.2, 0) is 11.8 Å². The molecular weight excluding hydrogens is 312 g/mol. The molecule has 1 aliphatic heterocycles. The molecule has 1 saturated heterocycles. The van der Waals surface area contributed by atoms with Crippen LogP contribution in [0.15, 0.2) is 24.3 Å². The third-order valence-electron chi connectivity index (χ3n) is 4.02. The van der Waals surface area contributed by atoms with Crippen molar-refractivity contribution in [3.05, 3.63) is 30.0 Å². The zero-order chi connectivity index (χ0) is 17.1. The summed E-state index contributed by atoms with van der Waals surface area (Å²) >= 11 is 0. The van der Waals surface area contributed by atoms with Gasteiger partial charge in [0.15, 0.2) is 17.2 Å². The highest BCUT2D eigenvalue weighted by atomic mass is 16.5. The predicted molar refractivity (Wildman–Crippen MR) is 86.6 cm³/mol. The number of aromatic carboxylic acids is 1. The largest absolute Gasteiger partial charge is 0.493 e. The molecule has 0 unspecified atom stereocenters. The van der Waals surface area contributed by atoms with E-state index in [0.717, 1.165) is 18.4 Å². The van der Waals surface area contributed by atoms with E-state index in [4.69, 9.17) is 19.3 Å². The van der Waals surface area contributed by atoms with E-state index in [0.29, 0.717) is 30.4 Å². The van der Waals surface area contributed by atoms with Gasteiger partial charge in [-0.25, -0.2) is 4.79 Å². The van der Waals surface area contributed by atoms with Gasteiger partial charge in [0.25, 0.3) is 0 Å². The summed E-state index contributed by atoms with van der Waals surface area (Å²) < 4.78 is 18.4. The first-order chi connectivity index (χ1) is 11.6. The molecule has 0 amide bonds. The van der Waals surface area contributed by atoms with Crippen molar-refractivity contribution in [3.63, 3.8) is 0 Å². The molecule has 0 saturated carbocycles. The van der Waals surface area contributed by atoms with Crippen molar-refractivity contribution >= 4 is 5.97 Å². The minimum absolute atomic E-state index is 0.00946. The van der Waals surface area contributed by atoms with E-state index < -0.39 is 5.97 Å². The van der Waals surface area contributed by atoms with Crippen LogP contribution < -0.4 is 9.47 Å². The van der Waals surface area contributed by atoms with Crippen molar-refractivity contribution in [1.29, 1.82) is 0 Å². The van der Waals surface area contributed by atoms with Crippen LogP contribution in [0.25, 0.3) is 11.3 Å². The normalized spacial score (nSPS) is 15.2. The Hall–Kier alpha value is -2.54. The lowest BCUT2D eigenvalue weighted by molar-refractivity contribution is 0.0246. The van der Waals surface area contributed by atoms with Gasteiger partial charge in [-0.2, -0.15) is 5.10 Å². The number of nitrogens with zero attached hydrogens (tertiary/aromatic N) is 2. The first kappa shape index (κ1) is 16.3. The molecule has 0 bridgehead atoms. The number of aryl methyl sites for hydroxylation is 1. The maximum absolute atomic E-state index is 11.1. The zero-order valence-electron chi connectivity index (χ0n) is 13.7. The summed E-state index contributed by atoms with van der Waals surface area (Å²) in [5, 5.41) is 13.1. The average Bonchev–Trinajstić information content (AvgIpc) is 2.98. The zero-order valence-corrected chi connectivity index (χ0v) is 13.7. The molecule has 0 aliphatic carbocycles. The molecule has 0 atom stereocenters. The quantitative estimate of drug-likeness (QED) is 0.905. The summed E-state index contributed by atoms with van der Waals surface area (Å²) in [6.07, 6.45) is 1.76. The molecule has 1 N–H and O–H groups in total. The Labute approximate surface area is 139 Å². The van der Waals surface area contributed by atoms with Gasteiger partial charge in [-0.15, -0.1) is 0 Å². The van der Waals surface area contributed by atoms with Crippen LogP contribution in [0, 0.1) is 0 Å². The maximum atomic E-state index is 11.1. The van der Waals surface area contributed by atoms with Crippen LogP contribution in [0.2, 0.25) is 0 Å². The predicted octanol–water partition coefficient (Wildman–Crippen LogP) is 2.35. The Bertz CT molecular complexity index is 735. The van der Waals surface area contributed by atoms with Crippen LogP contribution >= 0.6 is 0 Å². The number of carboxylic acid groups (broad SMARTS) is 1. The molecule has 128 valence electrons. The molecule has 7 heteroatoms. The number of ether oxygens (including phenoxy) is 3. The first-order valence-electron chi connectivity index (χ1n) is 7.78. The number of aromatic nitrogens is 2. The number of hydrogen-bond acceptors (Lipinski definition) is 5. The topological polar surface area (TPSA) is 82.8 Å². The third kappa shape index (κ3) is 3.35. The Morgan fingerprint density at radius 3 is 2.67 bits per heavy atom. The van der Waals surface area contributed by atoms with Crippen molar-refractivity contribution in [2.45, 2.75) is 18.9 Å². The molecule has 24 heavy (non-hydrogen) atoms. The highest BCUT2D eigenvalue weighted by Crippen LogP contribution is 2.34. The van der Waals surface area contributed by atoms with E-state index in [-0.39, 0.29) is 11.8 Å². The van der Waals surface area contributed by atoms with Gasteiger partial charge in [-0.3, -0.25) is 4.68 Å². The Kier molecular flexibility index (Phi) is 4.71. The minimum Gasteiger partial charge on any atom is -0.493 e. The second-order valence-electron chi connectivity index (χ2n) is 5.64. The molecule has 3 rings (SSSR count). The summed E-state index contributed by atoms with van der Waals surface area (Å²) in [4.78, 5) is 11.1. The van der Waals surface area contributed by atoms with E-state index in [2.05, 4.69) is 5.10 Å². The van der Waals surface area contributed by atoms with E-state index in [1.165, 1.54) is 0 Å². The van der Waals surface area contributed by atoms with E-state index in [9.17, 15) is 4.79 Å². The summed E-state index contributed by atoms with van der Waals surface area (Å²) in [5.74, 6) is 0.231. The Balaban J connectivity index is 1.92. The highest BCUT2D eigenvalue weighted by Gasteiger charge is 2.19. The Morgan fingerprint density at radius 1 is 1.29 bits per heavy atom. The SMILES string of the molecule is COc1ccc(-c2cc(C(=O)O)nn2C)cc1OC1CCOCC1. The van der Waals surface area contributed by atoms with Crippen LogP contribution in [0.4, 0.5) is 0 Å². The van der Waals surface area contributed by atoms with E-state index in [1.807, 2.05) is 18.2 Å². The van der Waals surface area contributed by atoms with Gasteiger partial charge in [0.05, 0.1) is 26.0 Å². The monoisotopic (exact) mass is 332 g/mol. The van der Waals surface area contributed by atoms with Crippen molar-refractivity contribution in [2.75, 3.05) is 20.3 Å². The summed E-state index contributed by atoms with van der Waals surface area (Å²) in [7, 11) is 3.31. The lowest BCUT2D eigenvalue weighted by Crippen LogP contribution is -2.26. The van der Waals surface area contributed by atoms with Crippen molar-refractivity contribution < 1.29 is 24.1 Å². The van der Waals surface area contributed by atoms with E-state index in [1.54, 1.807) is 24.9 Å². The molecule has 0 spiro atoms. The average molecular weight is 332 g/mol. The molecule has 0 radical (unpaired) electrons. The summed E-state index contributed by atoms with van der Waals surface area (Å²) in [6.45, 7) is 1.38. The standard InChI is InChI=1S/C17H20N2O5/c1-19-14(10-13(18-19)17(20)21)11-3-4-15(22-2)16(9-11)24-12-5-7-23-8-6-12/h3-4,9-10,12H,5-8H2,1-2H3,(H,20,21). The number of carboxylic acids is 1. The molecule has 2 heterocycles. The molecule has 1 aromatic heterocycles. The van der Waals surface area contributed by atoms with Gasteiger partial charge >= 0.3 is 5.97 Å². The van der Waals surface area contributed by atoms with Crippen molar-refractivity contribution in [3.8, 4) is 22.8 Å². The second kappa shape index (κ2) is 6.92. The van der Waals surface area contributed by atoms with Crippen LogP contribution in [0.5, 0.6) is 11.5 Å².